The Balaban J connectivity index is 1.59. The summed E-state index contributed by atoms with van der Waals surface area (Å²) in [4.78, 5) is 15.1. The number of anilines is 1. The first-order valence-corrected chi connectivity index (χ1v) is 11.0. The van der Waals surface area contributed by atoms with Gasteiger partial charge in [-0.1, -0.05) is 23.7 Å². The van der Waals surface area contributed by atoms with E-state index in [0.717, 1.165) is 65.4 Å². The van der Waals surface area contributed by atoms with Crippen LogP contribution in [0.4, 0.5) is 5.69 Å². The number of likely N-dealkylation sites (N-methyl/N-ethyl adjacent to an activating group) is 1. The third kappa shape index (κ3) is 2.57. The highest BCUT2D eigenvalue weighted by atomic mass is 35.5. The summed E-state index contributed by atoms with van der Waals surface area (Å²) < 4.78 is 2.44. The minimum absolute atomic E-state index is 0.189. The Labute approximate surface area is 176 Å². The number of pyridine rings is 1. The highest BCUT2D eigenvalue weighted by Gasteiger charge is 2.59. The SMILES string of the molecule is Cc1cc(N2CCN(C)CC2)c2nc(-c3ccccc3Cl)n(C34CC(C3)C4)c2n1. The van der Waals surface area contributed by atoms with E-state index >= 15 is 0 Å². The van der Waals surface area contributed by atoms with Crippen molar-refractivity contribution in [3.8, 4) is 11.4 Å². The zero-order chi connectivity index (χ0) is 19.8. The fourth-order valence-corrected chi connectivity index (χ4v) is 5.64. The molecule has 3 saturated carbocycles. The summed E-state index contributed by atoms with van der Waals surface area (Å²) in [6.07, 6.45) is 3.74. The summed E-state index contributed by atoms with van der Waals surface area (Å²) in [7, 11) is 2.19. The van der Waals surface area contributed by atoms with Gasteiger partial charge >= 0.3 is 0 Å². The molecule has 3 heterocycles. The minimum atomic E-state index is 0.189. The molecule has 29 heavy (non-hydrogen) atoms. The summed E-state index contributed by atoms with van der Waals surface area (Å²) in [6, 6.07) is 10.3. The molecule has 0 N–H and O–H groups in total. The molecule has 0 atom stereocenters. The summed E-state index contributed by atoms with van der Waals surface area (Å²) in [5.74, 6) is 1.87. The molecule has 7 rings (SSSR count). The predicted octanol–water partition coefficient (Wildman–Crippen LogP) is 4.32. The molecule has 3 aromatic rings. The maximum atomic E-state index is 6.63. The van der Waals surface area contributed by atoms with Gasteiger partial charge < -0.3 is 14.4 Å². The molecule has 2 aromatic heterocycles. The number of aromatic nitrogens is 3. The third-order valence-electron chi connectivity index (χ3n) is 7.16. The van der Waals surface area contributed by atoms with Crippen LogP contribution < -0.4 is 4.90 Å². The van der Waals surface area contributed by atoms with Crippen molar-refractivity contribution in [1.82, 2.24) is 19.4 Å². The first kappa shape index (κ1) is 17.7. The van der Waals surface area contributed by atoms with Gasteiger partial charge in [-0.05, 0) is 57.4 Å². The van der Waals surface area contributed by atoms with Gasteiger partial charge in [0, 0.05) is 43.0 Å². The van der Waals surface area contributed by atoms with Crippen LogP contribution in [0.3, 0.4) is 0 Å². The summed E-state index contributed by atoms with van der Waals surface area (Å²) in [6.45, 7) is 6.31. The van der Waals surface area contributed by atoms with E-state index in [4.69, 9.17) is 21.6 Å². The van der Waals surface area contributed by atoms with Gasteiger partial charge in [-0.15, -0.1) is 0 Å². The third-order valence-corrected chi connectivity index (χ3v) is 7.49. The average molecular weight is 408 g/mol. The molecule has 1 aromatic carbocycles. The van der Waals surface area contributed by atoms with Gasteiger partial charge in [0.05, 0.1) is 10.7 Å². The van der Waals surface area contributed by atoms with Crippen LogP contribution in [0.5, 0.6) is 0 Å². The highest BCUT2D eigenvalue weighted by Crippen LogP contribution is 2.64. The molecule has 150 valence electrons. The first-order valence-electron chi connectivity index (χ1n) is 10.6. The van der Waals surface area contributed by atoms with Crippen LogP contribution in [0.15, 0.2) is 30.3 Å². The van der Waals surface area contributed by atoms with E-state index in [2.05, 4.69) is 40.5 Å². The van der Waals surface area contributed by atoms with Crippen molar-refractivity contribution in [2.45, 2.75) is 31.7 Å². The van der Waals surface area contributed by atoms with E-state index in [0.29, 0.717) is 0 Å². The Morgan fingerprint density at radius 1 is 1.03 bits per heavy atom. The van der Waals surface area contributed by atoms with Gasteiger partial charge in [0.25, 0.3) is 0 Å². The Bertz CT molecular complexity index is 1090. The number of imidazole rings is 1. The Morgan fingerprint density at radius 3 is 2.41 bits per heavy atom. The number of fused-ring (bicyclic) bond motifs is 1. The Morgan fingerprint density at radius 2 is 1.76 bits per heavy atom. The first-order chi connectivity index (χ1) is 14.0. The van der Waals surface area contributed by atoms with Gasteiger partial charge in [0.1, 0.15) is 11.3 Å². The van der Waals surface area contributed by atoms with E-state index < -0.39 is 0 Å². The second-order valence-electron chi connectivity index (χ2n) is 9.20. The quantitative estimate of drug-likeness (QED) is 0.648. The van der Waals surface area contributed by atoms with Crippen LogP contribution in [0, 0.1) is 12.8 Å². The number of benzene rings is 1. The van der Waals surface area contributed by atoms with Crippen LogP contribution in [0.2, 0.25) is 5.02 Å². The highest BCUT2D eigenvalue weighted by molar-refractivity contribution is 6.33. The van der Waals surface area contributed by atoms with Crippen molar-refractivity contribution in [2.75, 3.05) is 38.1 Å². The molecule has 4 fully saturated rings. The molecule has 0 unspecified atom stereocenters. The largest absolute Gasteiger partial charge is 0.367 e. The van der Waals surface area contributed by atoms with Crippen molar-refractivity contribution < 1.29 is 0 Å². The number of rotatable bonds is 3. The van der Waals surface area contributed by atoms with E-state index in [1.807, 2.05) is 18.2 Å². The topological polar surface area (TPSA) is 37.2 Å². The lowest BCUT2D eigenvalue weighted by atomic mass is 9.49. The number of piperazine rings is 1. The molecule has 0 spiro atoms. The number of halogens is 1. The fourth-order valence-electron chi connectivity index (χ4n) is 5.42. The van der Waals surface area contributed by atoms with Crippen molar-refractivity contribution >= 4 is 28.5 Å². The predicted molar refractivity (Wildman–Crippen MR) is 118 cm³/mol. The van der Waals surface area contributed by atoms with E-state index in [-0.39, 0.29) is 5.54 Å². The average Bonchev–Trinajstić information content (AvgIpc) is 2.99. The lowest BCUT2D eigenvalue weighted by molar-refractivity contribution is -0.0849. The maximum Gasteiger partial charge on any atom is 0.163 e. The zero-order valence-electron chi connectivity index (χ0n) is 17.0. The molecular formula is C23H26ClN5. The minimum Gasteiger partial charge on any atom is -0.367 e. The summed E-state index contributed by atoms with van der Waals surface area (Å²) in [5.41, 5.74) is 5.54. The lowest BCUT2D eigenvalue weighted by Gasteiger charge is -2.62. The molecule has 1 aliphatic heterocycles. The number of nitrogens with zero attached hydrogens (tertiary/aromatic N) is 5. The molecule has 1 saturated heterocycles. The van der Waals surface area contributed by atoms with E-state index in [1.54, 1.807) is 0 Å². The number of aryl methyl sites for hydroxylation is 1. The Hall–Kier alpha value is -2.11. The van der Waals surface area contributed by atoms with Gasteiger partial charge in [-0.3, -0.25) is 0 Å². The monoisotopic (exact) mass is 407 g/mol. The number of hydrogen-bond acceptors (Lipinski definition) is 4. The molecule has 6 heteroatoms. The van der Waals surface area contributed by atoms with E-state index in [9.17, 15) is 0 Å². The van der Waals surface area contributed by atoms with E-state index in [1.165, 1.54) is 24.9 Å². The zero-order valence-corrected chi connectivity index (χ0v) is 17.8. The smallest absolute Gasteiger partial charge is 0.163 e. The van der Waals surface area contributed by atoms with Crippen LogP contribution in [-0.4, -0.2) is 52.7 Å². The standard InChI is InChI=1S/C23H26ClN5/c1-15-11-19(28-9-7-27(2)8-10-28)20-22(25-15)29(23-12-16(13-23)14-23)21(26-20)17-5-3-4-6-18(17)24/h3-6,11,16H,7-10,12-14H2,1-2H3. The van der Waals surface area contributed by atoms with Crippen LogP contribution >= 0.6 is 11.6 Å². The van der Waals surface area contributed by atoms with Gasteiger partial charge in [-0.25, -0.2) is 9.97 Å². The van der Waals surface area contributed by atoms with Crippen molar-refractivity contribution in [2.24, 2.45) is 5.92 Å². The van der Waals surface area contributed by atoms with Gasteiger partial charge in [0.15, 0.2) is 5.65 Å². The molecule has 3 aliphatic carbocycles. The van der Waals surface area contributed by atoms with Crippen molar-refractivity contribution in [1.29, 1.82) is 0 Å². The molecule has 2 bridgehead atoms. The maximum absolute atomic E-state index is 6.63. The van der Waals surface area contributed by atoms with Crippen molar-refractivity contribution in [3.05, 3.63) is 41.0 Å². The van der Waals surface area contributed by atoms with Crippen LogP contribution in [-0.2, 0) is 5.54 Å². The van der Waals surface area contributed by atoms with Crippen LogP contribution in [0.1, 0.15) is 25.0 Å². The lowest BCUT2D eigenvalue weighted by Crippen LogP contribution is -2.59. The molecule has 5 nitrogen and oxygen atoms in total. The molecular weight excluding hydrogens is 382 g/mol. The van der Waals surface area contributed by atoms with Crippen molar-refractivity contribution in [3.63, 3.8) is 0 Å². The molecule has 0 radical (unpaired) electrons. The normalized spacial score (nSPS) is 26.4. The van der Waals surface area contributed by atoms with Gasteiger partial charge in [0.2, 0.25) is 0 Å². The van der Waals surface area contributed by atoms with Gasteiger partial charge in [-0.2, -0.15) is 0 Å². The molecule has 0 amide bonds. The Kier molecular flexibility index (Phi) is 3.78. The number of hydrogen-bond donors (Lipinski definition) is 0. The summed E-state index contributed by atoms with van der Waals surface area (Å²) >= 11 is 6.63. The van der Waals surface area contributed by atoms with Crippen LogP contribution in [0.25, 0.3) is 22.6 Å². The fraction of sp³-hybridized carbons (Fsp3) is 0.478. The second-order valence-corrected chi connectivity index (χ2v) is 9.61. The molecule has 4 aliphatic rings. The second kappa shape index (κ2) is 6.19. The summed E-state index contributed by atoms with van der Waals surface area (Å²) in [5, 5.41) is 0.758.